The Hall–Kier alpha value is -0.940. The minimum Gasteiger partial charge on any atom is -0.378 e. The molecule has 0 aliphatic carbocycles. The molecule has 0 atom stereocenters. The number of aromatic nitrogens is 1. The first-order chi connectivity index (χ1) is 13.9. The van der Waals surface area contributed by atoms with Crippen LogP contribution in [0.2, 0.25) is 0 Å². The van der Waals surface area contributed by atoms with Gasteiger partial charge in [-0.1, -0.05) is 20.8 Å². The van der Waals surface area contributed by atoms with Crippen LogP contribution in [0.5, 0.6) is 0 Å². The second-order valence-electron chi connectivity index (χ2n) is 8.80. The number of hydrogen-bond acceptors (Lipinski definition) is 5. The molecule has 3 rings (SSSR count). The minimum absolute atomic E-state index is 0. The lowest BCUT2D eigenvalue weighted by Gasteiger charge is -2.36. The van der Waals surface area contributed by atoms with Crippen molar-refractivity contribution in [2.45, 2.75) is 45.4 Å². The maximum absolute atomic E-state index is 12.7. The highest BCUT2D eigenvalue weighted by atomic mass is 127. The summed E-state index contributed by atoms with van der Waals surface area (Å²) < 4.78 is 5.36. The van der Waals surface area contributed by atoms with Crippen molar-refractivity contribution >= 4 is 47.2 Å². The SMILES string of the molecule is CN=C(NCCc1nc(C(C)(C)C)cs1)N1CCC(C(=O)N2CCOCC2)CC1.I. The van der Waals surface area contributed by atoms with Crippen molar-refractivity contribution in [3.8, 4) is 0 Å². The summed E-state index contributed by atoms with van der Waals surface area (Å²) in [4.78, 5) is 26.2. The first-order valence-electron chi connectivity index (χ1n) is 10.7. The van der Waals surface area contributed by atoms with E-state index in [0.29, 0.717) is 19.1 Å². The van der Waals surface area contributed by atoms with Gasteiger partial charge >= 0.3 is 0 Å². The molecule has 2 saturated heterocycles. The van der Waals surface area contributed by atoms with Crippen molar-refractivity contribution in [2.75, 3.05) is 53.0 Å². The minimum atomic E-state index is 0. The number of halogens is 1. The molecule has 3 heterocycles. The van der Waals surface area contributed by atoms with Crippen LogP contribution in [0.1, 0.15) is 44.3 Å². The quantitative estimate of drug-likeness (QED) is 0.356. The van der Waals surface area contributed by atoms with E-state index in [1.54, 1.807) is 11.3 Å². The smallest absolute Gasteiger partial charge is 0.225 e. The van der Waals surface area contributed by atoms with E-state index >= 15 is 0 Å². The predicted molar refractivity (Wildman–Crippen MR) is 133 cm³/mol. The van der Waals surface area contributed by atoms with Crippen molar-refractivity contribution in [3.05, 3.63) is 16.1 Å². The Balaban J connectivity index is 0.00000320. The number of likely N-dealkylation sites (tertiary alicyclic amines) is 1. The third kappa shape index (κ3) is 6.78. The Morgan fingerprint density at radius 3 is 2.47 bits per heavy atom. The number of aliphatic imine (C=N–C) groups is 1. The summed E-state index contributed by atoms with van der Waals surface area (Å²) in [5.74, 6) is 1.36. The molecule has 1 aromatic rings. The number of nitrogens with one attached hydrogen (secondary N) is 1. The maximum Gasteiger partial charge on any atom is 0.225 e. The molecule has 0 unspecified atom stereocenters. The fraction of sp³-hybridized carbons (Fsp3) is 0.762. The molecule has 9 heteroatoms. The van der Waals surface area contributed by atoms with Gasteiger partial charge in [0.15, 0.2) is 5.96 Å². The van der Waals surface area contributed by atoms with Crippen LogP contribution in [0.15, 0.2) is 10.4 Å². The average Bonchev–Trinajstić information content (AvgIpc) is 3.21. The predicted octanol–water partition coefficient (Wildman–Crippen LogP) is 2.75. The van der Waals surface area contributed by atoms with Crippen LogP contribution < -0.4 is 5.32 Å². The molecular formula is C21H36IN5O2S. The zero-order valence-corrected chi connectivity index (χ0v) is 21.8. The Bertz CT molecular complexity index is 704. The Morgan fingerprint density at radius 1 is 1.23 bits per heavy atom. The molecule has 2 fully saturated rings. The summed E-state index contributed by atoms with van der Waals surface area (Å²) in [5.41, 5.74) is 1.26. The summed E-state index contributed by atoms with van der Waals surface area (Å²) in [6.07, 6.45) is 2.67. The lowest BCUT2D eigenvalue weighted by molar-refractivity contribution is -0.140. The lowest BCUT2D eigenvalue weighted by Crippen LogP contribution is -2.50. The normalized spacial score (nSPS) is 18.9. The molecule has 1 amide bonds. The molecule has 30 heavy (non-hydrogen) atoms. The van der Waals surface area contributed by atoms with Crippen molar-refractivity contribution in [3.63, 3.8) is 0 Å². The number of piperidine rings is 1. The third-order valence-corrected chi connectivity index (χ3v) is 6.53. The summed E-state index contributed by atoms with van der Waals surface area (Å²) in [6, 6.07) is 0. The van der Waals surface area contributed by atoms with Crippen LogP contribution in [-0.2, 0) is 21.4 Å². The number of nitrogens with zero attached hydrogens (tertiary/aromatic N) is 4. The van der Waals surface area contributed by atoms with E-state index in [4.69, 9.17) is 9.72 Å². The van der Waals surface area contributed by atoms with Crippen LogP contribution in [0.4, 0.5) is 0 Å². The van der Waals surface area contributed by atoms with Crippen molar-refractivity contribution in [1.82, 2.24) is 20.1 Å². The van der Waals surface area contributed by atoms with Crippen molar-refractivity contribution < 1.29 is 9.53 Å². The van der Waals surface area contributed by atoms with Crippen molar-refractivity contribution in [2.24, 2.45) is 10.9 Å². The van der Waals surface area contributed by atoms with Gasteiger partial charge in [-0.3, -0.25) is 9.79 Å². The number of amides is 1. The molecule has 1 aromatic heterocycles. The third-order valence-electron chi connectivity index (χ3n) is 5.62. The van der Waals surface area contributed by atoms with Gasteiger partial charge < -0.3 is 19.9 Å². The van der Waals surface area contributed by atoms with Gasteiger partial charge in [-0.25, -0.2) is 4.98 Å². The topological polar surface area (TPSA) is 70.1 Å². The molecule has 0 saturated carbocycles. The standard InChI is InChI=1S/C21H35N5O2S.HI/c1-21(2,3)17-15-29-18(24-17)5-8-23-20(22-4)26-9-6-16(7-10-26)19(27)25-11-13-28-14-12-25;/h15-16H,5-14H2,1-4H3,(H,22,23);1H. The zero-order valence-electron chi connectivity index (χ0n) is 18.6. The Kier molecular flexibility index (Phi) is 9.80. The van der Waals surface area contributed by atoms with Crippen LogP contribution in [0, 0.1) is 5.92 Å². The summed E-state index contributed by atoms with van der Waals surface area (Å²) in [5, 5.41) is 6.80. The van der Waals surface area contributed by atoms with Crippen molar-refractivity contribution in [1.29, 1.82) is 0 Å². The highest BCUT2D eigenvalue weighted by molar-refractivity contribution is 14.0. The van der Waals surface area contributed by atoms with Gasteiger partial charge in [0.05, 0.1) is 23.9 Å². The van der Waals surface area contributed by atoms with Gasteiger partial charge in [0.1, 0.15) is 0 Å². The zero-order chi connectivity index (χ0) is 20.9. The molecule has 1 N–H and O–H groups in total. The second kappa shape index (κ2) is 11.6. The van der Waals surface area contributed by atoms with E-state index in [-0.39, 0.29) is 35.3 Å². The highest BCUT2D eigenvalue weighted by Gasteiger charge is 2.30. The molecule has 7 nitrogen and oxygen atoms in total. The largest absolute Gasteiger partial charge is 0.378 e. The van der Waals surface area contributed by atoms with Gasteiger partial charge in [-0.2, -0.15) is 0 Å². The number of carbonyl (C=O) groups is 1. The lowest BCUT2D eigenvalue weighted by atomic mass is 9.93. The summed E-state index contributed by atoms with van der Waals surface area (Å²) >= 11 is 1.73. The molecule has 0 aromatic carbocycles. The fourth-order valence-electron chi connectivity index (χ4n) is 3.76. The van der Waals surface area contributed by atoms with Crippen LogP contribution in [0.25, 0.3) is 0 Å². The van der Waals surface area contributed by atoms with Gasteiger partial charge in [0, 0.05) is 62.9 Å². The number of carbonyl (C=O) groups excluding carboxylic acids is 1. The fourth-order valence-corrected chi connectivity index (χ4v) is 4.79. The van der Waals surface area contributed by atoms with E-state index in [2.05, 4.69) is 41.4 Å². The number of hydrogen-bond donors (Lipinski definition) is 1. The maximum atomic E-state index is 12.7. The number of guanidine groups is 1. The monoisotopic (exact) mass is 549 g/mol. The molecule has 0 radical (unpaired) electrons. The van der Waals surface area contributed by atoms with E-state index in [9.17, 15) is 4.79 Å². The van der Waals surface area contributed by atoms with Gasteiger partial charge in [0.2, 0.25) is 5.91 Å². The molecule has 0 bridgehead atoms. The molecule has 2 aliphatic rings. The van der Waals surface area contributed by atoms with Crippen LogP contribution in [-0.4, -0.2) is 79.6 Å². The molecular weight excluding hydrogens is 513 g/mol. The summed E-state index contributed by atoms with van der Waals surface area (Å²) in [7, 11) is 1.83. The Morgan fingerprint density at radius 2 is 1.90 bits per heavy atom. The van der Waals surface area contributed by atoms with E-state index in [1.807, 2.05) is 11.9 Å². The van der Waals surface area contributed by atoms with E-state index in [0.717, 1.165) is 68.6 Å². The number of morpholine rings is 1. The summed E-state index contributed by atoms with van der Waals surface area (Å²) in [6.45, 7) is 11.9. The van der Waals surface area contributed by atoms with Crippen LogP contribution >= 0.6 is 35.3 Å². The van der Waals surface area contributed by atoms with E-state index in [1.165, 1.54) is 0 Å². The highest BCUT2D eigenvalue weighted by Crippen LogP contribution is 2.24. The van der Waals surface area contributed by atoms with Gasteiger partial charge in [-0.05, 0) is 12.8 Å². The first-order valence-corrected chi connectivity index (χ1v) is 11.5. The first kappa shape index (κ1) is 25.3. The molecule has 0 spiro atoms. The number of thiazole rings is 1. The second-order valence-corrected chi connectivity index (χ2v) is 9.74. The van der Waals surface area contributed by atoms with Gasteiger partial charge in [0.25, 0.3) is 0 Å². The molecule has 170 valence electrons. The Labute approximate surface area is 201 Å². The number of ether oxygens (including phenoxy) is 1. The van der Waals surface area contributed by atoms with Gasteiger partial charge in [-0.15, -0.1) is 35.3 Å². The average molecular weight is 550 g/mol. The molecule has 2 aliphatic heterocycles. The number of rotatable bonds is 4. The van der Waals surface area contributed by atoms with E-state index < -0.39 is 0 Å². The van der Waals surface area contributed by atoms with Crippen LogP contribution in [0.3, 0.4) is 0 Å².